The standard InChI is InChI=1S/C14H26OS/c1-14(2,3)12-7-5-11(6-8-12)13(15)9-10-16-4/h11-12H,5-10H2,1-4H3. The normalized spacial score (nSPS) is 26.8. The number of rotatable bonds is 4. The van der Waals surface area contributed by atoms with Gasteiger partial charge in [-0.2, -0.15) is 11.8 Å². The van der Waals surface area contributed by atoms with Crippen LogP contribution in [0.5, 0.6) is 0 Å². The minimum atomic E-state index is 0.380. The third kappa shape index (κ3) is 4.12. The van der Waals surface area contributed by atoms with Crippen LogP contribution in [0.2, 0.25) is 0 Å². The number of thioether (sulfide) groups is 1. The Morgan fingerprint density at radius 3 is 2.19 bits per heavy atom. The van der Waals surface area contributed by atoms with Crippen molar-refractivity contribution in [3.63, 3.8) is 0 Å². The van der Waals surface area contributed by atoms with Crippen LogP contribution in [-0.2, 0) is 4.79 Å². The summed E-state index contributed by atoms with van der Waals surface area (Å²) in [6.07, 6.45) is 7.62. The SMILES string of the molecule is CSCCC(=O)C1CCC(C(C)(C)C)CC1. The zero-order chi connectivity index (χ0) is 12.2. The van der Waals surface area contributed by atoms with Gasteiger partial charge in [0.1, 0.15) is 5.78 Å². The molecule has 0 aromatic rings. The Bertz CT molecular complexity index is 221. The van der Waals surface area contributed by atoms with Crippen molar-refractivity contribution in [1.82, 2.24) is 0 Å². The highest BCUT2D eigenvalue weighted by Gasteiger charge is 2.31. The van der Waals surface area contributed by atoms with Crippen LogP contribution in [0.3, 0.4) is 0 Å². The lowest BCUT2D eigenvalue weighted by molar-refractivity contribution is -0.123. The third-order valence-electron chi connectivity index (χ3n) is 3.96. The summed E-state index contributed by atoms with van der Waals surface area (Å²) >= 11 is 1.78. The van der Waals surface area contributed by atoms with E-state index in [0.717, 1.165) is 30.9 Å². The maximum Gasteiger partial charge on any atom is 0.136 e. The first-order valence-corrected chi connectivity index (χ1v) is 7.86. The predicted octanol–water partition coefficient (Wildman–Crippen LogP) is 4.16. The number of carbonyl (C=O) groups excluding carboxylic acids is 1. The van der Waals surface area contributed by atoms with Gasteiger partial charge in [0.25, 0.3) is 0 Å². The summed E-state index contributed by atoms with van der Waals surface area (Å²) in [4.78, 5) is 11.9. The van der Waals surface area contributed by atoms with Crippen molar-refractivity contribution in [2.75, 3.05) is 12.0 Å². The molecule has 0 N–H and O–H groups in total. The van der Waals surface area contributed by atoms with Crippen LogP contribution < -0.4 is 0 Å². The van der Waals surface area contributed by atoms with Gasteiger partial charge < -0.3 is 0 Å². The van der Waals surface area contributed by atoms with Crippen LogP contribution in [0.1, 0.15) is 52.9 Å². The number of carbonyl (C=O) groups is 1. The second-order valence-corrected chi connectivity index (χ2v) is 7.11. The second kappa shape index (κ2) is 6.09. The summed E-state index contributed by atoms with van der Waals surface area (Å²) in [5.74, 6) is 2.71. The molecule has 1 nitrogen and oxygen atoms in total. The zero-order valence-corrected chi connectivity index (χ0v) is 12.0. The fraction of sp³-hybridized carbons (Fsp3) is 0.929. The van der Waals surface area contributed by atoms with Crippen molar-refractivity contribution < 1.29 is 4.79 Å². The van der Waals surface area contributed by atoms with Gasteiger partial charge in [-0.3, -0.25) is 4.79 Å². The van der Waals surface area contributed by atoms with Crippen molar-refractivity contribution in [2.45, 2.75) is 52.9 Å². The smallest absolute Gasteiger partial charge is 0.136 e. The number of Topliss-reactive ketones (excluding diaryl/α,β-unsaturated/α-hetero) is 1. The Morgan fingerprint density at radius 2 is 1.75 bits per heavy atom. The molecular formula is C14H26OS. The van der Waals surface area contributed by atoms with E-state index in [4.69, 9.17) is 0 Å². The quantitative estimate of drug-likeness (QED) is 0.736. The topological polar surface area (TPSA) is 17.1 Å². The summed E-state index contributed by atoms with van der Waals surface area (Å²) in [6, 6.07) is 0. The fourth-order valence-electron chi connectivity index (χ4n) is 2.69. The van der Waals surface area contributed by atoms with Gasteiger partial charge in [-0.15, -0.1) is 0 Å². The summed E-state index contributed by atoms with van der Waals surface area (Å²) in [7, 11) is 0. The molecule has 1 saturated carbocycles. The van der Waals surface area contributed by atoms with Crippen molar-refractivity contribution in [3.05, 3.63) is 0 Å². The maximum atomic E-state index is 11.9. The van der Waals surface area contributed by atoms with Gasteiger partial charge in [-0.25, -0.2) is 0 Å². The van der Waals surface area contributed by atoms with Gasteiger partial charge in [0.2, 0.25) is 0 Å². The highest BCUT2D eigenvalue weighted by Crippen LogP contribution is 2.40. The summed E-state index contributed by atoms with van der Waals surface area (Å²) in [5, 5.41) is 0. The van der Waals surface area contributed by atoms with E-state index in [2.05, 4.69) is 27.0 Å². The minimum absolute atomic E-state index is 0.380. The average Bonchev–Trinajstić information content (AvgIpc) is 2.25. The molecule has 2 heteroatoms. The van der Waals surface area contributed by atoms with Gasteiger partial charge in [0.05, 0.1) is 0 Å². The highest BCUT2D eigenvalue weighted by atomic mass is 32.2. The summed E-state index contributed by atoms with van der Waals surface area (Å²) in [6.45, 7) is 6.98. The molecular weight excluding hydrogens is 216 g/mol. The van der Waals surface area contributed by atoms with E-state index in [1.165, 1.54) is 12.8 Å². The van der Waals surface area contributed by atoms with Gasteiger partial charge >= 0.3 is 0 Å². The molecule has 0 saturated heterocycles. The Labute approximate surface area is 105 Å². The molecule has 16 heavy (non-hydrogen) atoms. The molecule has 1 aliphatic carbocycles. The Morgan fingerprint density at radius 1 is 1.19 bits per heavy atom. The maximum absolute atomic E-state index is 11.9. The molecule has 1 fully saturated rings. The monoisotopic (exact) mass is 242 g/mol. The molecule has 0 amide bonds. The average molecular weight is 242 g/mol. The van der Waals surface area contributed by atoms with Crippen molar-refractivity contribution in [1.29, 1.82) is 0 Å². The molecule has 0 aromatic heterocycles. The molecule has 0 heterocycles. The molecule has 0 atom stereocenters. The Kier molecular flexibility index (Phi) is 5.36. The first-order chi connectivity index (χ1) is 7.45. The van der Waals surface area contributed by atoms with E-state index in [1.54, 1.807) is 11.8 Å². The largest absolute Gasteiger partial charge is 0.299 e. The Balaban J connectivity index is 2.34. The molecule has 0 unspecified atom stereocenters. The molecule has 1 rings (SSSR count). The van der Waals surface area contributed by atoms with E-state index >= 15 is 0 Å². The van der Waals surface area contributed by atoms with Gasteiger partial charge in [0.15, 0.2) is 0 Å². The summed E-state index contributed by atoms with van der Waals surface area (Å²) in [5.41, 5.74) is 0.424. The van der Waals surface area contributed by atoms with Crippen LogP contribution in [-0.4, -0.2) is 17.8 Å². The van der Waals surface area contributed by atoms with E-state index in [9.17, 15) is 4.79 Å². The first-order valence-electron chi connectivity index (χ1n) is 6.46. The van der Waals surface area contributed by atoms with Gasteiger partial charge in [-0.05, 0) is 49.0 Å². The molecule has 0 spiro atoms. The molecule has 1 aliphatic rings. The molecule has 0 aromatic carbocycles. The van der Waals surface area contributed by atoms with Crippen LogP contribution in [0.4, 0.5) is 0 Å². The lowest BCUT2D eigenvalue weighted by Crippen LogP contribution is -2.28. The molecule has 0 radical (unpaired) electrons. The fourth-order valence-corrected chi connectivity index (χ4v) is 3.09. The van der Waals surface area contributed by atoms with E-state index in [0.29, 0.717) is 17.1 Å². The first kappa shape index (κ1) is 14.1. The van der Waals surface area contributed by atoms with Crippen LogP contribution in [0.25, 0.3) is 0 Å². The third-order valence-corrected chi connectivity index (χ3v) is 4.57. The molecule has 0 aliphatic heterocycles. The van der Waals surface area contributed by atoms with Crippen LogP contribution in [0, 0.1) is 17.3 Å². The lowest BCUT2D eigenvalue weighted by atomic mass is 9.69. The van der Waals surface area contributed by atoms with Gasteiger partial charge in [0, 0.05) is 12.3 Å². The summed E-state index contributed by atoms with van der Waals surface area (Å²) < 4.78 is 0. The predicted molar refractivity (Wildman–Crippen MR) is 72.9 cm³/mol. The number of ketones is 1. The van der Waals surface area contributed by atoms with Crippen molar-refractivity contribution >= 4 is 17.5 Å². The van der Waals surface area contributed by atoms with E-state index in [-0.39, 0.29) is 0 Å². The van der Waals surface area contributed by atoms with Crippen molar-refractivity contribution in [3.8, 4) is 0 Å². The molecule has 0 bridgehead atoms. The van der Waals surface area contributed by atoms with Crippen LogP contribution in [0.15, 0.2) is 0 Å². The highest BCUT2D eigenvalue weighted by molar-refractivity contribution is 7.98. The van der Waals surface area contributed by atoms with E-state index in [1.807, 2.05) is 0 Å². The number of hydrogen-bond acceptors (Lipinski definition) is 2. The minimum Gasteiger partial charge on any atom is -0.299 e. The number of hydrogen-bond donors (Lipinski definition) is 0. The van der Waals surface area contributed by atoms with E-state index < -0.39 is 0 Å². The zero-order valence-electron chi connectivity index (χ0n) is 11.2. The lowest BCUT2D eigenvalue weighted by Gasteiger charge is -2.36. The van der Waals surface area contributed by atoms with Crippen molar-refractivity contribution in [2.24, 2.45) is 17.3 Å². The second-order valence-electron chi connectivity index (χ2n) is 6.12. The Hall–Kier alpha value is 0.0200. The molecule has 94 valence electrons. The van der Waals surface area contributed by atoms with Crippen LogP contribution >= 0.6 is 11.8 Å². The van der Waals surface area contributed by atoms with Gasteiger partial charge in [-0.1, -0.05) is 20.8 Å².